The number of Topliss-reactive ketones (excluding diaryl/α,β-unsaturated/α-hetero) is 1. The van der Waals surface area contributed by atoms with E-state index >= 15 is 4.39 Å². The van der Waals surface area contributed by atoms with E-state index in [0.717, 1.165) is 17.1 Å². The molecule has 3 aromatic rings. The number of nitrogens with zero attached hydrogens (tertiary/aromatic N) is 4. The lowest BCUT2D eigenvalue weighted by Crippen LogP contribution is -2.32. The van der Waals surface area contributed by atoms with Crippen LogP contribution < -0.4 is 9.64 Å². The van der Waals surface area contributed by atoms with Crippen LogP contribution in [0.1, 0.15) is 48.1 Å². The fourth-order valence-corrected chi connectivity index (χ4v) is 6.15. The summed E-state index contributed by atoms with van der Waals surface area (Å²) in [5.41, 5.74) is 0.707. The zero-order valence-corrected chi connectivity index (χ0v) is 22.1. The zero-order chi connectivity index (χ0) is 27.0. The highest BCUT2D eigenvalue weighted by Crippen LogP contribution is 2.40. The summed E-state index contributed by atoms with van der Waals surface area (Å²) in [7, 11) is -2.46. The molecular formula is C26H30F2N4O5S. The van der Waals surface area contributed by atoms with Gasteiger partial charge in [-0.15, -0.1) is 0 Å². The fraction of sp³-hybridized carbons (Fsp3) is 0.462. The Bertz CT molecular complexity index is 1460. The van der Waals surface area contributed by atoms with E-state index in [9.17, 15) is 17.6 Å². The van der Waals surface area contributed by atoms with Crippen molar-refractivity contribution >= 4 is 27.0 Å². The molecule has 2 saturated heterocycles. The number of ether oxygens (including phenoxy) is 2. The molecule has 0 N–H and O–H groups in total. The third kappa shape index (κ3) is 5.12. The van der Waals surface area contributed by atoms with Gasteiger partial charge in [0.25, 0.3) is 0 Å². The van der Waals surface area contributed by atoms with Gasteiger partial charge in [0.05, 0.1) is 36.7 Å². The van der Waals surface area contributed by atoms with Crippen LogP contribution in [0.2, 0.25) is 0 Å². The van der Waals surface area contributed by atoms with Crippen LogP contribution in [-0.4, -0.2) is 73.3 Å². The molecule has 9 nitrogen and oxygen atoms in total. The van der Waals surface area contributed by atoms with Crippen LogP contribution in [0, 0.1) is 11.6 Å². The molecule has 2 aliphatic heterocycles. The minimum Gasteiger partial charge on any atom is -0.488 e. The third-order valence-electron chi connectivity index (χ3n) is 7.17. The normalized spacial score (nSPS) is 20.1. The first-order valence-corrected chi connectivity index (χ1v) is 14.2. The zero-order valence-electron chi connectivity index (χ0n) is 21.3. The van der Waals surface area contributed by atoms with Crippen LogP contribution in [0.3, 0.4) is 0 Å². The number of fused-ring (bicyclic) bond motifs is 1. The molecular weight excluding hydrogens is 518 g/mol. The molecule has 12 heteroatoms. The van der Waals surface area contributed by atoms with Crippen molar-refractivity contribution in [2.75, 3.05) is 44.0 Å². The number of anilines is 1. The average molecular weight is 549 g/mol. The summed E-state index contributed by atoms with van der Waals surface area (Å²) in [5, 5.41) is 4.07. The Labute approximate surface area is 220 Å². The molecule has 1 aromatic carbocycles. The number of benzene rings is 1. The highest BCUT2D eigenvalue weighted by atomic mass is 32.2. The average Bonchev–Trinajstić information content (AvgIpc) is 3.64. The van der Waals surface area contributed by atoms with Gasteiger partial charge in [0.15, 0.2) is 11.6 Å². The molecule has 2 aromatic heterocycles. The second-order valence-electron chi connectivity index (χ2n) is 9.64. The van der Waals surface area contributed by atoms with E-state index in [2.05, 4.69) is 5.10 Å². The van der Waals surface area contributed by atoms with Crippen LogP contribution in [0.5, 0.6) is 5.75 Å². The fourth-order valence-electron chi connectivity index (χ4n) is 5.05. The van der Waals surface area contributed by atoms with Gasteiger partial charge >= 0.3 is 0 Å². The summed E-state index contributed by atoms with van der Waals surface area (Å²) in [5.74, 6) is -2.25. The van der Waals surface area contributed by atoms with Crippen molar-refractivity contribution in [1.82, 2.24) is 13.9 Å². The summed E-state index contributed by atoms with van der Waals surface area (Å²) in [6.07, 6.45) is 4.75. The summed E-state index contributed by atoms with van der Waals surface area (Å²) < 4.78 is 69.1. The molecule has 2 fully saturated rings. The summed E-state index contributed by atoms with van der Waals surface area (Å²) in [6, 6.07) is 5.80. The minimum absolute atomic E-state index is 0.0861. The number of rotatable bonds is 9. The van der Waals surface area contributed by atoms with E-state index in [-0.39, 0.29) is 35.5 Å². The number of aromatic nitrogens is 2. The van der Waals surface area contributed by atoms with Crippen molar-refractivity contribution in [3.8, 4) is 5.75 Å². The Morgan fingerprint density at radius 3 is 2.82 bits per heavy atom. The van der Waals surface area contributed by atoms with Gasteiger partial charge in [0.2, 0.25) is 10.0 Å². The maximum Gasteiger partial charge on any atom is 0.221 e. The lowest BCUT2D eigenvalue weighted by Gasteiger charge is -2.28. The van der Waals surface area contributed by atoms with Crippen LogP contribution in [0.15, 0.2) is 36.7 Å². The molecule has 0 aliphatic carbocycles. The van der Waals surface area contributed by atoms with Gasteiger partial charge in [-0.05, 0) is 36.6 Å². The molecule has 0 bridgehead atoms. The third-order valence-corrected chi connectivity index (χ3v) is 9.00. The van der Waals surface area contributed by atoms with Gasteiger partial charge in [-0.25, -0.2) is 26.0 Å². The number of carbonyl (C=O) groups is 1. The number of pyridine rings is 1. The van der Waals surface area contributed by atoms with Gasteiger partial charge in [0, 0.05) is 38.8 Å². The number of ketones is 1. The SMILES string of the molecule is CCN(C)S(=O)(=O)CC(=O)c1cnn2ccc(N3CCC[C@@H]3c3cc(F)cc(OC4CCOC4)c3)c(F)c12. The van der Waals surface area contributed by atoms with Gasteiger partial charge < -0.3 is 14.4 Å². The van der Waals surface area contributed by atoms with Gasteiger partial charge in [-0.2, -0.15) is 5.10 Å². The van der Waals surface area contributed by atoms with E-state index in [4.69, 9.17) is 9.47 Å². The van der Waals surface area contributed by atoms with Crippen molar-refractivity contribution in [1.29, 1.82) is 0 Å². The van der Waals surface area contributed by atoms with E-state index in [1.165, 1.54) is 36.1 Å². The first kappa shape index (κ1) is 26.5. The van der Waals surface area contributed by atoms with Crippen LogP contribution in [0.4, 0.5) is 14.5 Å². The standard InChI is InChI=1S/C26H30F2N4O5S/c1-3-30(2)38(34,35)16-24(33)21-14-29-32-9-6-23(25(28)26(21)32)31-8-4-5-22(31)17-11-18(27)13-20(12-17)37-19-7-10-36-15-19/h6,9,11-14,19,22H,3-5,7-8,10,15-16H2,1-2H3/t19?,22-/m1/s1. The molecule has 204 valence electrons. The summed E-state index contributed by atoms with van der Waals surface area (Å²) in [6.45, 7) is 3.45. The molecule has 4 heterocycles. The van der Waals surface area contributed by atoms with Gasteiger partial charge in [-0.1, -0.05) is 6.92 Å². The number of hydrogen-bond acceptors (Lipinski definition) is 7. The van der Waals surface area contributed by atoms with E-state index < -0.39 is 33.2 Å². The Morgan fingerprint density at radius 1 is 1.26 bits per heavy atom. The van der Waals surface area contributed by atoms with Crippen molar-refractivity contribution < 1.29 is 31.5 Å². The van der Waals surface area contributed by atoms with Crippen molar-refractivity contribution in [2.45, 2.75) is 38.3 Å². The monoisotopic (exact) mass is 548 g/mol. The first-order valence-electron chi connectivity index (χ1n) is 12.6. The van der Waals surface area contributed by atoms with E-state index in [1.807, 2.05) is 4.90 Å². The number of halogens is 2. The molecule has 0 radical (unpaired) electrons. The predicted octanol–water partition coefficient (Wildman–Crippen LogP) is 3.59. The smallest absolute Gasteiger partial charge is 0.221 e. The maximum atomic E-state index is 16.0. The predicted molar refractivity (Wildman–Crippen MR) is 137 cm³/mol. The number of sulfonamides is 1. The molecule has 0 saturated carbocycles. The summed E-state index contributed by atoms with van der Waals surface area (Å²) >= 11 is 0. The summed E-state index contributed by atoms with van der Waals surface area (Å²) in [4.78, 5) is 14.8. The highest BCUT2D eigenvalue weighted by molar-refractivity contribution is 7.89. The van der Waals surface area contributed by atoms with Gasteiger partial charge in [0.1, 0.15) is 28.9 Å². The van der Waals surface area contributed by atoms with Crippen molar-refractivity contribution in [3.63, 3.8) is 0 Å². The molecule has 0 spiro atoms. The number of hydrogen-bond donors (Lipinski definition) is 0. The van der Waals surface area contributed by atoms with Gasteiger partial charge in [-0.3, -0.25) is 4.79 Å². The second kappa shape index (κ2) is 10.6. The molecule has 2 atom stereocenters. The van der Waals surface area contributed by atoms with Crippen LogP contribution in [-0.2, 0) is 14.8 Å². The Hall–Kier alpha value is -3.09. The first-order chi connectivity index (χ1) is 18.2. The van der Waals surface area contributed by atoms with Crippen LogP contribution in [0.25, 0.3) is 5.52 Å². The molecule has 0 amide bonds. The second-order valence-corrected chi connectivity index (χ2v) is 11.7. The highest BCUT2D eigenvalue weighted by Gasteiger charge is 2.32. The Morgan fingerprint density at radius 2 is 2.08 bits per heavy atom. The maximum absolute atomic E-state index is 16.0. The van der Waals surface area contributed by atoms with Crippen molar-refractivity contribution in [2.24, 2.45) is 0 Å². The Balaban J connectivity index is 1.46. The lowest BCUT2D eigenvalue weighted by atomic mass is 10.0. The number of carbonyl (C=O) groups excluding carboxylic acids is 1. The molecule has 5 rings (SSSR count). The van der Waals surface area contributed by atoms with E-state index in [1.54, 1.807) is 19.1 Å². The molecule has 38 heavy (non-hydrogen) atoms. The largest absolute Gasteiger partial charge is 0.488 e. The minimum atomic E-state index is -3.85. The lowest BCUT2D eigenvalue weighted by molar-refractivity contribution is 0.102. The van der Waals surface area contributed by atoms with Crippen molar-refractivity contribution in [3.05, 3.63) is 59.4 Å². The molecule has 1 unspecified atom stereocenters. The Kier molecular flexibility index (Phi) is 7.38. The van der Waals surface area contributed by atoms with E-state index in [0.29, 0.717) is 37.5 Å². The quantitative estimate of drug-likeness (QED) is 0.378. The molecule has 2 aliphatic rings. The topological polar surface area (TPSA) is 93.5 Å². The van der Waals surface area contributed by atoms with Crippen LogP contribution >= 0.6 is 0 Å².